The molecule has 0 aliphatic heterocycles. The topological polar surface area (TPSA) is 49.8 Å². The average Bonchev–Trinajstić information content (AvgIpc) is 2.44. The molecule has 0 unspecified atom stereocenters. The van der Waals surface area contributed by atoms with Gasteiger partial charge in [0.15, 0.2) is 5.16 Å². The van der Waals surface area contributed by atoms with Gasteiger partial charge in [-0.1, -0.05) is 44.9 Å². The van der Waals surface area contributed by atoms with Crippen LogP contribution in [0.15, 0.2) is 11.2 Å². The molecule has 5 heteroatoms. The molecule has 0 radical (unpaired) electrons. The Bertz CT molecular complexity index is 357. The molecule has 2 N–H and O–H groups in total. The molecule has 0 aromatic carbocycles. The third-order valence-corrected chi connectivity index (χ3v) is 3.33. The summed E-state index contributed by atoms with van der Waals surface area (Å²) < 4.78 is 0. The van der Waals surface area contributed by atoms with E-state index in [4.69, 9.17) is 0 Å². The van der Waals surface area contributed by atoms with Gasteiger partial charge in [0.1, 0.15) is 11.6 Å². The van der Waals surface area contributed by atoms with Crippen LogP contribution in [0.25, 0.3) is 0 Å². The molecule has 0 aliphatic rings. The lowest BCUT2D eigenvalue weighted by Crippen LogP contribution is -2.08. The number of rotatable bonds is 10. The van der Waals surface area contributed by atoms with Crippen LogP contribution in [-0.4, -0.2) is 29.3 Å². The second-order valence-corrected chi connectivity index (χ2v) is 5.31. The molecule has 0 fully saturated rings. The number of thioether (sulfide) groups is 1. The minimum atomic E-state index is 0.817. The molecule has 0 atom stereocenters. The number of hydrogen-bond donors (Lipinski definition) is 2. The van der Waals surface area contributed by atoms with E-state index in [1.54, 1.807) is 11.8 Å². The minimum Gasteiger partial charge on any atom is -0.370 e. The predicted molar refractivity (Wildman–Crippen MR) is 85.2 cm³/mol. The molecular formula is C14H26N4S. The summed E-state index contributed by atoms with van der Waals surface area (Å²) in [6, 6.07) is 2.00. The van der Waals surface area contributed by atoms with E-state index < -0.39 is 0 Å². The molecule has 1 aromatic rings. The van der Waals surface area contributed by atoms with Crippen LogP contribution in [0.2, 0.25) is 0 Å². The normalized spacial score (nSPS) is 10.5. The molecule has 0 saturated heterocycles. The summed E-state index contributed by atoms with van der Waals surface area (Å²) in [7, 11) is 0. The van der Waals surface area contributed by atoms with Crippen molar-refractivity contribution in [3.8, 4) is 0 Å². The third kappa shape index (κ3) is 6.66. The van der Waals surface area contributed by atoms with E-state index >= 15 is 0 Å². The third-order valence-electron chi connectivity index (χ3n) is 2.78. The van der Waals surface area contributed by atoms with E-state index in [1.165, 1.54) is 25.7 Å². The van der Waals surface area contributed by atoms with Crippen molar-refractivity contribution in [3.63, 3.8) is 0 Å². The summed E-state index contributed by atoms with van der Waals surface area (Å²) in [5, 5.41) is 7.52. The van der Waals surface area contributed by atoms with Crippen molar-refractivity contribution < 1.29 is 0 Å². The zero-order valence-electron chi connectivity index (χ0n) is 12.3. The molecule has 1 rings (SSSR count). The van der Waals surface area contributed by atoms with Crippen molar-refractivity contribution in [1.29, 1.82) is 0 Å². The molecule has 0 saturated carbocycles. The largest absolute Gasteiger partial charge is 0.370 e. The second-order valence-electron chi connectivity index (χ2n) is 4.54. The van der Waals surface area contributed by atoms with Crippen LogP contribution < -0.4 is 10.6 Å². The van der Waals surface area contributed by atoms with Gasteiger partial charge in [-0.15, -0.1) is 0 Å². The SMILES string of the molecule is CCCCCCNc1cc(NCCC)nc(SC)n1. The Morgan fingerprint density at radius 2 is 1.63 bits per heavy atom. The first-order chi connectivity index (χ1) is 9.30. The molecule has 4 nitrogen and oxygen atoms in total. The van der Waals surface area contributed by atoms with E-state index in [0.717, 1.165) is 36.3 Å². The number of nitrogens with one attached hydrogen (secondary N) is 2. The summed E-state index contributed by atoms with van der Waals surface area (Å²) in [6.07, 6.45) is 8.16. The van der Waals surface area contributed by atoms with Gasteiger partial charge in [-0.3, -0.25) is 0 Å². The van der Waals surface area contributed by atoms with Crippen LogP contribution in [0.1, 0.15) is 46.0 Å². The van der Waals surface area contributed by atoms with Crippen molar-refractivity contribution in [2.24, 2.45) is 0 Å². The number of anilines is 2. The molecular weight excluding hydrogens is 256 g/mol. The standard InChI is InChI=1S/C14H26N4S/c1-4-6-7-8-10-16-13-11-12(15-9-5-2)17-14(18-13)19-3/h11H,4-10H2,1-3H3,(H2,15,16,17,18). The maximum atomic E-state index is 4.48. The van der Waals surface area contributed by atoms with Crippen molar-refractivity contribution in [2.75, 3.05) is 30.0 Å². The lowest BCUT2D eigenvalue weighted by atomic mass is 10.2. The number of unbranched alkanes of at least 4 members (excludes halogenated alkanes) is 3. The lowest BCUT2D eigenvalue weighted by molar-refractivity contribution is 0.684. The van der Waals surface area contributed by atoms with Crippen LogP contribution in [-0.2, 0) is 0 Å². The van der Waals surface area contributed by atoms with E-state index in [9.17, 15) is 0 Å². The summed E-state index contributed by atoms with van der Waals surface area (Å²) in [6.45, 7) is 6.31. The molecule has 19 heavy (non-hydrogen) atoms. The first-order valence-electron chi connectivity index (χ1n) is 7.21. The minimum absolute atomic E-state index is 0.817. The van der Waals surface area contributed by atoms with Gasteiger partial charge in [0, 0.05) is 19.2 Å². The van der Waals surface area contributed by atoms with Crippen molar-refractivity contribution >= 4 is 23.4 Å². The van der Waals surface area contributed by atoms with Gasteiger partial charge in [-0.2, -0.15) is 0 Å². The fourth-order valence-corrected chi connectivity index (χ4v) is 2.10. The first-order valence-corrected chi connectivity index (χ1v) is 8.43. The van der Waals surface area contributed by atoms with Gasteiger partial charge in [0.05, 0.1) is 0 Å². The average molecular weight is 282 g/mol. The highest BCUT2D eigenvalue weighted by molar-refractivity contribution is 7.98. The second kappa shape index (κ2) is 9.89. The van der Waals surface area contributed by atoms with Crippen molar-refractivity contribution in [1.82, 2.24) is 9.97 Å². The Hall–Kier alpha value is -0.970. The van der Waals surface area contributed by atoms with Gasteiger partial charge in [-0.05, 0) is 19.1 Å². The van der Waals surface area contributed by atoms with Crippen LogP contribution in [0.5, 0.6) is 0 Å². The summed E-state index contributed by atoms with van der Waals surface area (Å²) in [5.74, 6) is 1.84. The van der Waals surface area contributed by atoms with E-state index in [2.05, 4.69) is 34.4 Å². The Labute approximate surface area is 121 Å². The van der Waals surface area contributed by atoms with Crippen LogP contribution in [0, 0.1) is 0 Å². The molecule has 0 spiro atoms. The lowest BCUT2D eigenvalue weighted by Gasteiger charge is -2.10. The number of nitrogens with zero attached hydrogens (tertiary/aromatic N) is 2. The van der Waals surface area contributed by atoms with E-state index in [0.29, 0.717) is 0 Å². The highest BCUT2D eigenvalue weighted by Gasteiger charge is 2.03. The Morgan fingerprint density at radius 1 is 0.947 bits per heavy atom. The van der Waals surface area contributed by atoms with Crippen molar-refractivity contribution in [2.45, 2.75) is 51.1 Å². The van der Waals surface area contributed by atoms with Crippen molar-refractivity contribution in [3.05, 3.63) is 6.07 Å². The summed E-state index contributed by atoms with van der Waals surface area (Å²) in [4.78, 5) is 8.93. The molecule has 0 aliphatic carbocycles. The highest BCUT2D eigenvalue weighted by atomic mass is 32.2. The zero-order chi connectivity index (χ0) is 13.9. The molecule has 1 heterocycles. The van der Waals surface area contributed by atoms with Gasteiger partial charge in [0.2, 0.25) is 0 Å². The Balaban J connectivity index is 2.50. The molecule has 0 bridgehead atoms. The first kappa shape index (κ1) is 16.1. The fraction of sp³-hybridized carbons (Fsp3) is 0.714. The van der Waals surface area contributed by atoms with Gasteiger partial charge >= 0.3 is 0 Å². The maximum absolute atomic E-state index is 4.48. The van der Waals surface area contributed by atoms with E-state index in [-0.39, 0.29) is 0 Å². The smallest absolute Gasteiger partial charge is 0.191 e. The predicted octanol–water partition coefficient (Wildman–Crippen LogP) is 4.01. The maximum Gasteiger partial charge on any atom is 0.191 e. The highest BCUT2D eigenvalue weighted by Crippen LogP contribution is 2.17. The number of hydrogen-bond acceptors (Lipinski definition) is 5. The van der Waals surface area contributed by atoms with E-state index in [1.807, 2.05) is 12.3 Å². The van der Waals surface area contributed by atoms with Gasteiger partial charge in [-0.25, -0.2) is 9.97 Å². The monoisotopic (exact) mass is 282 g/mol. The van der Waals surface area contributed by atoms with Crippen LogP contribution in [0.4, 0.5) is 11.6 Å². The molecule has 108 valence electrons. The Kier molecular flexibility index (Phi) is 8.38. The van der Waals surface area contributed by atoms with Crippen LogP contribution in [0.3, 0.4) is 0 Å². The molecule has 0 amide bonds. The van der Waals surface area contributed by atoms with Gasteiger partial charge in [0.25, 0.3) is 0 Å². The van der Waals surface area contributed by atoms with Crippen LogP contribution >= 0.6 is 11.8 Å². The van der Waals surface area contributed by atoms with Gasteiger partial charge < -0.3 is 10.6 Å². The summed E-state index contributed by atoms with van der Waals surface area (Å²) >= 11 is 1.58. The number of aromatic nitrogens is 2. The zero-order valence-corrected chi connectivity index (χ0v) is 13.1. The Morgan fingerprint density at radius 3 is 2.21 bits per heavy atom. The fourth-order valence-electron chi connectivity index (χ4n) is 1.72. The quantitative estimate of drug-likeness (QED) is 0.386. The summed E-state index contributed by atoms with van der Waals surface area (Å²) in [5.41, 5.74) is 0. The molecule has 1 aromatic heterocycles.